The van der Waals surface area contributed by atoms with Crippen molar-refractivity contribution in [3.63, 3.8) is 0 Å². The molecule has 1 amide bonds. The molecule has 0 fully saturated rings. The highest BCUT2D eigenvalue weighted by atomic mass is 19.1. The number of benzene rings is 1. The van der Waals surface area contributed by atoms with E-state index >= 15 is 0 Å². The Morgan fingerprint density at radius 3 is 2.53 bits per heavy atom. The number of aromatic nitrogens is 2. The van der Waals surface area contributed by atoms with Crippen LogP contribution in [0.4, 0.5) is 4.39 Å². The van der Waals surface area contributed by atoms with Crippen molar-refractivity contribution in [2.75, 3.05) is 6.54 Å². The minimum absolute atomic E-state index is 0.133. The van der Waals surface area contributed by atoms with Crippen LogP contribution in [-0.4, -0.2) is 22.2 Å². The average molecular weight is 261 g/mol. The number of rotatable bonds is 3. The van der Waals surface area contributed by atoms with Crippen LogP contribution < -0.4 is 5.32 Å². The molecule has 0 saturated heterocycles. The smallest absolute Gasteiger partial charge is 0.255 e. The van der Waals surface area contributed by atoms with Crippen molar-refractivity contribution in [2.45, 2.75) is 20.8 Å². The van der Waals surface area contributed by atoms with Gasteiger partial charge in [0, 0.05) is 6.54 Å². The fourth-order valence-electron chi connectivity index (χ4n) is 2.05. The normalized spacial score (nSPS) is 10.5. The van der Waals surface area contributed by atoms with Crippen molar-refractivity contribution in [3.05, 3.63) is 47.0 Å². The fraction of sp³-hybridized carbons (Fsp3) is 0.286. The summed E-state index contributed by atoms with van der Waals surface area (Å²) in [6, 6.07) is 6.02. The summed E-state index contributed by atoms with van der Waals surface area (Å²) in [6.45, 7) is 6.05. The van der Waals surface area contributed by atoms with E-state index in [2.05, 4.69) is 10.4 Å². The molecule has 5 heteroatoms. The Kier molecular flexibility index (Phi) is 3.64. The summed E-state index contributed by atoms with van der Waals surface area (Å²) >= 11 is 0. The lowest BCUT2D eigenvalue weighted by Crippen LogP contribution is -2.23. The van der Waals surface area contributed by atoms with Gasteiger partial charge in [-0.05, 0) is 45.0 Å². The SMILES string of the molecule is CCNC(=O)c1c(C)nn(-c2ccc(F)cc2)c1C. The molecule has 2 aromatic rings. The maximum Gasteiger partial charge on any atom is 0.255 e. The zero-order valence-electron chi connectivity index (χ0n) is 11.2. The molecule has 0 atom stereocenters. The number of carbonyl (C=O) groups is 1. The van der Waals surface area contributed by atoms with Crippen molar-refractivity contribution < 1.29 is 9.18 Å². The summed E-state index contributed by atoms with van der Waals surface area (Å²) in [5, 5.41) is 7.11. The first-order valence-corrected chi connectivity index (χ1v) is 6.15. The molecule has 2 rings (SSSR count). The third-order valence-electron chi connectivity index (χ3n) is 2.93. The molecule has 1 heterocycles. The van der Waals surface area contributed by atoms with Crippen LogP contribution in [0.15, 0.2) is 24.3 Å². The van der Waals surface area contributed by atoms with Gasteiger partial charge in [-0.2, -0.15) is 5.10 Å². The van der Waals surface area contributed by atoms with E-state index in [0.717, 1.165) is 11.4 Å². The molecule has 1 aromatic carbocycles. The molecule has 0 bridgehead atoms. The van der Waals surface area contributed by atoms with Gasteiger partial charge in [0.25, 0.3) is 5.91 Å². The number of halogens is 1. The van der Waals surface area contributed by atoms with E-state index < -0.39 is 0 Å². The van der Waals surface area contributed by atoms with Crippen LogP contribution in [0.1, 0.15) is 28.7 Å². The van der Waals surface area contributed by atoms with Crippen molar-refractivity contribution in [2.24, 2.45) is 0 Å². The van der Waals surface area contributed by atoms with Crippen LogP contribution in [0, 0.1) is 19.7 Å². The first-order valence-electron chi connectivity index (χ1n) is 6.15. The van der Waals surface area contributed by atoms with Crippen molar-refractivity contribution in [1.82, 2.24) is 15.1 Å². The zero-order valence-corrected chi connectivity index (χ0v) is 11.2. The van der Waals surface area contributed by atoms with Crippen molar-refractivity contribution in [3.8, 4) is 5.69 Å². The van der Waals surface area contributed by atoms with Crippen LogP contribution in [0.5, 0.6) is 0 Å². The molecular weight excluding hydrogens is 245 g/mol. The van der Waals surface area contributed by atoms with Gasteiger partial charge in [0.05, 0.1) is 22.6 Å². The minimum atomic E-state index is -0.297. The van der Waals surface area contributed by atoms with E-state index in [1.807, 2.05) is 13.8 Å². The maximum absolute atomic E-state index is 12.9. The minimum Gasteiger partial charge on any atom is -0.352 e. The van der Waals surface area contributed by atoms with Gasteiger partial charge in [-0.3, -0.25) is 4.79 Å². The van der Waals surface area contributed by atoms with Crippen LogP contribution in [0.2, 0.25) is 0 Å². The Bertz CT molecular complexity index is 602. The largest absolute Gasteiger partial charge is 0.352 e. The predicted octanol–water partition coefficient (Wildman–Crippen LogP) is 2.38. The average Bonchev–Trinajstić information content (AvgIpc) is 2.66. The van der Waals surface area contributed by atoms with Gasteiger partial charge < -0.3 is 5.32 Å². The number of nitrogens with zero attached hydrogens (tertiary/aromatic N) is 2. The van der Waals surface area contributed by atoms with Gasteiger partial charge in [-0.25, -0.2) is 9.07 Å². The number of carbonyl (C=O) groups excluding carboxylic acids is 1. The molecule has 1 N–H and O–H groups in total. The summed E-state index contributed by atoms with van der Waals surface area (Å²) in [4.78, 5) is 12.0. The highest BCUT2D eigenvalue weighted by Crippen LogP contribution is 2.18. The van der Waals surface area contributed by atoms with Gasteiger partial charge in [0.1, 0.15) is 5.82 Å². The van der Waals surface area contributed by atoms with Gasteiger partial charge in [0.15, 0.2) is 0 Å². The van der Waals surface area contributed by atoms with Crippen LogP contribution in [-0.2, 0) is 0 Å². The summed E-state index contributed by atoms with van der Waals surface area (Å²) < 4.78 is 14.6. The lowest BCUT2D eigenvalue weighted by Gasteiger charge is -2.05. The Labute approximate surface area is 111 Å². The number of hydrogen-bond donors (Lipinski definition) is 1. The third-order valence-corrected chi connectivity index (χ3v) is 2.93. The summed E-state index contributed by atoms with van der Waals surface area (Å²) in [5.74, 6) is -0.430. The lowest BCUT2D eigenvalue weighted by atomic mass is 10.2. The molecule has 4 nitrogen and oxygen atoms in total. The molecule has 0 spiro atoms. The van der Waals surface area contributed by atoms with E-state index in [1.54, 1.807) is 23.7 Å². The van der Waals surface area contributed by atoms with E-state index in [-0.39, 0.29) is 11.7 Å². The molecule has 0 unspecified atom stereocenters. The lowest BCUT2D eigenvalue weighted by molar-refractivity contribution is 0.0954. The van der Waals surface area contributed by atoms with Gasteiger partial charge in [0.2, 0.25) is 0 Å². The molecule has 0 saturated carbocycles. The topological polar surface area (TPSA) is 46.9 Å². The van der Waals surface area contributed by atoms with Gasteiger partial charge in [-0.15, -0.1) is 0 Å². The van der Waals surface area contributed by atoms with Crippen LogP contribution >= 0.6 is 0 Å². The maximum atomic E-state index is 12.9. The van der Waals surface area contributed by atoms with E-state index in [4.69, 9.17) is 0 Å². The van der Waals surface area contributed by atoms with E-state index in [1.165, 1.54) is 12.1 Å². The highest BCUT2D eigenvalue weighted by Gasteiger charge is 2.18. The number of amides is 1. The molecule has 0 aliphatic rings. The fourth-order valence-corrected chi connectivity index (χ4v) is 2.05. The first kappa shape index (κ1) is 13.3. The second-order valence-electron chi connectivity index (χ2n) is 4.29. The molecule has 19 heavy (non-hydrogen) atoms. The monoisotopic (exact) mass is 261 g/mol. The Balaban J connectivity index is 2.46. The van der Waals surface area contributed by atoms with E-state index in [9.17, 15) is 9.18 Å². The van der Waals surface area contributed by atoms with Crippen molar-refractivity contribution >= 4 is 5.91 Å². The summed E-state index contributed by atoms with van der Waals surface area (Å²) in [7, 11) is 0. The Hall–Kier alpha value is -2.17. The number of nitrogens with one attached hydrogen (secondary N) is 1. The third kappa shape index (κ3) is 2.50. The molecular formula is C14H16FN3O. The molecule has 0 aliphatic carbocycles. The van der Waals surface area contributed by atoms with Crippen LogP contribution in [0.3, 0.4) is 0 Å². The van der Waals surface area contributed by atoms with Gasteiger partial charge >= 0.3 is 0 Å². The molecule has 100 valence electrons. The van der Waals surface area contributed by atoms with E-state index in [0.29, 0.717) is 17.8 Å². The molecule has 0 radical (unpaired) electrons. The number of hydrogen-bond acceptors (Lipinski definition) is 2. The predicted molar refractivity (Wildman–Crippen MR) is 71.0 cm³/mol. The highest BCUT2D eigenvalue weighted by molar-refractivity contribution is 5.96. The Morgan fingerprint density at radius 1 is 1.32 bits per heavy atom. The summed E-state index contributed by atoms with van der Waals surface area (Å²) in [6.07, 6.45) is 0. The molecule has 0 aliphatic heterocycles. The van der Waals surface area contributed by atoms with Gasteiger partial charge in [-0.1, -0.05) is 0 Å². The first-order chi connectivity index (χ1) is 9.04. The van der Waals surface area contributed by atoms with Crippen LogP contribution in [0.25, 0.3) is 5.69 Å². The number of aryl methyl sites for hydroxylation is 1. The second kappa shape index (κ2) is 5.22. The second-order valence-corrected chi connectivity index (χ2v) is 4.29. The molecule has 1 aromatic heterocycles. The summed E-state index contributed by atoms with van der Waals surface area (Å²) in [5.41, 5.74) is 2.71. The Morgan fingerprint density at radius 2 is 1.95 bits per heavy atom. The quantitative estimate of drug-likeness (QED) is 0.922. The zero-order chi connectivity index (χ0) is 14.0. The standard InChI is InChI=1S/C14H16FN3O/c1-4-16-14(19)13-9(2)17-18(10(13)3)12-7-5-11(15)6-8-12/h5-8H,4H2,1-3H3,(H,16,19). The van der Waals surface area contributed by atoms with Crippen molar-refractivity contribution in [1.29, 1.82) is 0 Å².